The largest absolute Gasteiger partial charge is 0.341 e. The van der Waals surface area contributed by atoms with E-state index in [1.54, 1.807) is 0 Å². The van der Waals surface area contributed by atoms with Gasteiger partial charge in [-0.15, -0.1) is 0 Å². The van der Waals surface area contributed by atoms with E-state index in [-0.39, 0.29) is 11.4 Å². The average molecular weight is 303 g/mol. The number of carbonyl (C=O) groups excluding carboxylic acids is 1. The number of benzene rings is 1. The van der Waals surface area contributed by atoms with E-state index in [2.05, 4.69) is 33.4 Å². The highest BCUT2D eigenvalue weighted by molar-refractivity contribution is 9.10. The number of hydrogen-bond donors (Lipinski definition) is 1. The summed E-state index contributed by atoms with van der Waals surface area (Å²) in [6, 6.07) is 9.99. The highest BCUT2D eigenvalue weighted by Gasteiger charge is 2.49. The number of aromatic nitrogens is 1. The molecule has 0 radical (unpaired) electrons. The number of amides is 1. The summed E-state index contributed by atoms with van der Waals surface area (Å²) in [5, 5.41) is 3.17. The van der Waals surface area contributed by atoms with Gasteiger partial charge in [0.25, 0.3) is 5.91 Å². The van der Waals surface area contributed by atoms with E-state index in [0.717, 1.165) is 23.0 Å². The molecule has 1 amide bonds. The van der Waals surface area contributed by atoms with Gasteiger partial charge < -0.3 is 9.88 Å². The first kappa shape index (κ1) is 10.4. The van der Waals surface area contributed by atoms with Gasteiger partial charge in [-0.25, -0.2) is 0 Å². The van der Waals surface area contributed by atoms with Crippen LogP contribution in [0.25, 0.3) is 5.69 Å². The molecule has 2 aromatic rings. The Kier molecular flexibility index (Phi) is 1.88. The molecule has 0 atom stereocenters. The van der Waals surface area contributed by atoms with E-state index in [4.69, 9.17) is 0 Å². The molecule has 0 unspecified atom stereocenters. The molecular formula is C14H11BrN2O. The van der Waals surface area contributed by atoms with Gasteiger partial charge in [-0.05, 0) is 43.2 Å². The van der Waals surface area contributed by atoms with E-state index >= 15 is 0 Å². The van der Waals surface area contributed by atoms with Crippen molar-refractivity contribution in [1.82, 2.24) is 9.88 Å². The standard InChI is InChI=1S/C14H11BrN2O/c15-9-3-4-11-10(8-9)14(5-6-14)16-13(18)12-2-1-7-17(11)12/h1-4,7-8H,5-6H2,(H,16,18). The van der Waals surface area contributed by atoms with Gasteiger partial charge in [-0.2, -0.15) is 0 Å². The van der Waals surface area contributed by atoms with Crippen molar-refractivity contribution in [3.8, 4) is 5.69 Å². The van der Waals surface area contributed by atoms with Gasteiger partial charge >= 0.3 is 0 Å². The minimum absolute atomic E-state index is 0.0184. The van der Waals surface area contributed by atoms with Crippen LogP contribution in [0.4, 0.5) is 0 Å². The van der Waals surface area contributed by atoms with Crippen molar-refractivity contribution in [1.29, 1.82) is 0 Å². The van der Waals surface area contributed by atoms with Gasteiger partial charge in [-0.3, -0.25) is 4.79 Å². The molecule has 1 spiro atoms. The third-order valence-electron chi connectivity index (χ3n) is 3.82. The second-order valence-corrected chi connectivity index (χ2v) is 5.88. The zero-order valence-corrected chi connectivity index (χ0v) is 11.2. The zero-order chi connectivity index (χ0) is 12.3. The molecule has 0 bridgehead atoms. The maximum absolute atomic E-state index is 12.2. The number of hydrogen-bond acceptors (Lipinski definition) is 1. The summed E-state index contributed by atoms with van der Waals surface area (Å²) in [6.07, 6.45) is 3.99. The molecule has 1 saturated carbocycles. The first-order valence-corrected chi connectivity index (χ1v) is 6.79. The Labute approximate surface area is 113 Å². The molecule has 4 heteroatoms. The van der Waals surface area contributed by atoms with E-state index in [1.807, 2.05) is 29.0 Å². The second-order valence-electron chi connectivity index (χ2n) is 4.96. The molecule has 0 saturated heterocycles. The van der Waals surface area contributed by atoms with Gasteiger partial charge in [0.15, 0.2) is 0 Å². The molecule has 1 aromatic carbocycles. The number of fused-ring (bicyclic) bond motifs is 4. The van der Waals surface area contributed by atoms with Crippen molar-refractivity contribution in [2.45, 2.75) is 18.4 Å². The molecule has 4 rings (SSSR count). The average Bonchev–Trinajstić information content (AvgIpc) is 2.98. The van der Waals surface area contributed by atoms with E-state index < -0.39 is 0 Å². The van der Waals surface area contributed by atoms with Crippen LogP contribution in [0.2, 0.25) is 0 Å². The second kappa shape index (κ2) is 3.26. The van der Waals surface area contributed by atoms with Crippen LogP contribution in [-0.2, 0) is 5.54 Å². The van der Waals surface area contributed by atoms with Crippen molar-refractivity contribution in [2.75, 3.05) is 0 Å². The maximum atomic E-state index is 12.2. The lowest BCUT2D eigenvalue weighted by Gasteiger charge is -2.17. The lowest BCUT2D eigenvalue weighted by molar-refractivity contribution is 0.0927. The molecule has 18 heavy (non-hydrogen) atoms. The first-order valence-electron chi connectivity index (χ1n) is 6.00. The molecule has 1 fully saturated rings. The van der Waals surface area contributed by atoms with Gasteiger partial charge in [-0.1, -0.05) is 15.9 Å². The van der Waals surface area contributed by atoms with E-state index in [1.165, 1.54) is 5.56 Å². The van der Waals surface area contributed by atoms with Crippen LogP contribution in [0.15, 0.2) is 41.0 Å². The summed E-state index contributed by atoms with van der Waals surface area (Å²) in [7, 11) is 0. The predicted octanol–water partition coefficient (Wildman–Crippen LogP) is 2.97. The molecule has 1 aliphatic heterocycles. The summed E-state index contributed by atoms with van der Waals surface area (Å²) in [5.74, 6) is 0.0184. The Hall–Kier alpha value is -1.55. The maximum Gasteiger partial charge on any atom is 0.268 e. The van der Waals surface area contributed by atoms with E-state index in [9.17, 15) is 4.79 Å². The molecule has 3 nitrogen and oxygen atoms in total. The number of nitrogens with zero attached hydrogens (tertiary/aromatic N) is 1. The Bertz CT molecular complexity index is 670. The monoisotopic (exact) mass is 302 g/mol. The minimum atomic E-state index is -0.144. The van der Waals surface area contributed by atoms with Gasteiger partial charge in [0.05, 0.1) is 11.2 Å². The number of rotatable bonds is 0. The third-order valence-corrected chi connectivity index (χ3v) is 4.31. The zero-order valence-electron chi connectivity index (χ0n) is 9.61. The third kappa shape index (κ3) is 1.27. The Morgan fingerprint density at radius 2 is 2.11 bits per heavy atom. The normalized spacial score (nSPS) is 18.8. The molecule has 2 aliphatic rings. The van der Waals surface area contributed by atoms with Crippen LogP contribution in [0.5, 0.6) is 0 Å². The smallest absolute Gasteiger partial charge is 0.268 e. The summed E-state index contributed by atoms with van der Waals surface area (Å²) in [4.78, 5) is 12.2. The summed E-state index contributed by atoms with van der Waals surface area (Å²) < 4.78 is 3.03. The number of carbonyl (C=O) groups is 1. The lowest BCUT2D eigenvalue weighted by Crippen LogP contribution is -2.33. The topological polar surface area (TPSA) is 34.0 Å². The molecule has 1 N–H and O–H groups in total. The molecule has 90 valence electrons. The molecule has 1 aliphatic carbocycles. The highest BCUT2D eigenvalue weighted by atomic mass is 79.9. The fourth-order valence-corrected chi connectivity index (χ4v) is 3.11. The van der Waals surface area contributed by atoms with Crippen LogP contribution < -0.4 is 5.32 Å². The molecule has 1 aromatic heterocycles. The first-order chi connectivity index (χ1) is 8.70. The van der Waals surface area contributed by atoms with Crippen LogP contribution in [0, 0.1) is 0 Å². The van der Waals surface area contributed by atoms with Crippen LogP contribution in [0.3, 0.4) is 0 Å². The fraction of sp³-hybridized carbons (Fsp3) is 0.214. The Morgan fingerprint density at radius 3 is 2.89 bits per heavy atom. The number of halogens is 1. The summed E-state index contributed by atoms with van der Waals surface area (Å²) in [5.41, 5.74) is 2.88. The van der Waals surface area contributed by atoms with Crippen LogP contribution in [-0.4, -0.2) is 10.5 Å². The SMILES string of the molecule is O=C1NC2(CC2)c2cc(Br)ccc2-n2cccc21. The number of nitrogens with one attached hydrogen (secondary N) is 1. The fourth-order valence-electron chi connectivity index (χ4n) is 2.75. The predicted molar refractivity (Wildman–Crippen MR) is 71.8 cm³/mol. The van der Waals surface area contributed by atoms with Gasteiger partial charge in [0.2, 0.25) is 0 Å². The molecular weight excluding hydrogens is 292 g/mol. The van der Waals surface area contributed by atoms with Crippen LogP contribution in [0.1, 0.15) is 28.9 Å². The minimum Gasteiger partial charge on any atom is -0.341 e. The lowest BCUT2D eigenvalue weighted by atomic mass is 10.0. The van der Waals surface area contributed by atoms with Crippen molar-refractivity contribution in [3.63, 3.8) is 0 Å². The van der Waals surface area contributed by atoms with Crippen molar-refractivity contribution < 1.29 is 4.79 Å². The quantitative estimate of drug-likeness (QED) is 0.797. The Morgan fingerprint density at radius 1 is 1.28 bits per heavy atom. The van der Waals surface area contributed by atoms with Crippen molar-refractivity contribution >= 4 is 21.8 Å². The van der Waals surface area contributed by atoms with Crippen molar-refractivity contribution in [2.24, 2.45) is 0 Å². The van der Waals surface area contributed by atoms with Crippen LogP contribution >= 0.6 is 15.9 Å². The van der Waals surface area contributed by atoms with Gasteiger partial charge in [0, 0.05) is 16.2 Å². The summed E-state index contributed by atoms with van der Waals surface area (Å²) >= 11 is 3.52. The van der Waals surface area contributed by atoms with Gasteiger partial charge in [0.1, 0.15) is 5.69 Å². The summed E-state index contributed by atoms with van der Waals surface area (Å²) in [6.45, 7) is 0. The molecule has 2 heterocycles. The van der Waals surface area contributed by atoms with E-state index in [0.29, 0.717) is 5.69 Å². The Balaban J connectivity index is 2.06. The van der Waals surface area contributed by atoms with Crippen molar-refractivity contribution in [3.05, 3.63) is 52.3 Å². The highest BCUT2D eigenvalue weighted by Crippen LogP contribution is 2.49.